The zero-order valence-electron chi connectivity index (χ0n) is 14.2. The number of alkyl halides is 3. The number of hydrogen-bond donors (Lipinski definition) is 0. The summed E-state index contributed by atoms with van der Waals surface area (Å²) in [5.41, 5.74) is 2.19. The molecule has 8 heteroatoms. The molecular weight excluding hydrogens is 363 g/mol. The first-order valence-corrected chi connectivity index (χ1v) is 8.10. The third kappa shape index (κ3) is 3.42. The van der Waals surface area contributed by atoms with E-state index in [0.717, 1.165) is 16.5 Å². The van der Waals surface area contributed by atoms with Gasteiger partial charge >= 0.3 is 12.0 Å². The average molecular weight is 377 g/mol. The minimum atomic E-state index is -4.73. The molecule has 1 aliphatic heterocycles. The van der Waals surface area contributed by atoms with E-state index >= 15 is 0 Å². The molecule has 2 heterocycles. The second-order valence-electron chi connectivity index (χ2n) is 6.18. The summed E-state index contributed by atoms with van der Waals surface area (Å²) in [6, 6.07) is 10.6. The zero-order chi connectivity index (χ0) is 19.2. The Balaban J connectivity index is 1.66. The van der Waals surface area contributed by atoms with Crippen LogP contribution in [0.2, 0.25) is 0 Å². The first kappa shape index (κ1) is 17.3. The van der Waals surface area contributed by atoms with Gasteiger partial charge in [0.1, 0.15) is 17.1 Å². The van der Waals surface area contributed by atoms with E-state index in [9.17, 15) is 18.0 Å². The van der Waals surface area contributed by atoms with Crippen LogP contribution in [0.25, 0.3) is 11.0 Å². The van der Waals surface area contributed by atoms with Gasteiger partial charge in [0.25, 0.3) is 0 Å². The van der Waals surface area contributed by atoms with E-state index in [1.165, 1.54) is 30.3 Å². The van der Waals surface area contributed by atoms with Gasteiger partial charge in [-0.3, -0.25) is 0 Å². The van der Waals surface area contributed by atoms with Gasteiger partial charge in [-0.15, -0.1) is 13.2 Å². The molecular formula is C19H14F3NO4. The predicted molar refractivity (Wildman–Crippen MR) is 92.0 cm³/mol. The number of rotatable bonds is 2. The van der Waals surface area contributed by atoms with Gasteiger partial charge in [0, 0.05) is 17.1 Å². The summed E-state index contributed by atoms with van der Waals surface area (Å²) >= 11 is 0. The van der Waals surface area contributed by atoms with Gasteiger partial charge in [-0.05, 0) is 48.9 Å². The van der Waals surface area contributed by atoms with Crippen molar-refractivity contribution in [3.05, 3.63) is 64.0 Å². The molecule has 27 heavy (non-hydrogen) atoms. The minimum absolute atomic E-state index is 0.216. The van der Waals surface area contributed by atoms with Gasteiger partial charge in [0.2, 0.25) is 0 Å². The second-order valence-corrected chi connectivity index (χ2v) is 6.18. The SMILES string of the molecule is Cc1cc(=O)oc2c3c(ccc12)OCN(c1ccc(OC(F)(F)F)cc1)C3. The molecule has 0 radical (unpaired) electrons. The Morgan fingerprint density at radius 2 is 1.85 bits per heavy atom. The topological polar surface area (TPSA) is 51.9 Å². The van der Waals surface area contributed by atoms with Gasteiger partial charge in [0.15, 0.2) is 6.73 Å². The number of anilines is 1. The monoisotopic (exact) mass is 377 g/mol. The van der Waals surface area contributed by atoms with Gasteiger partial charge in [-0.1, -0.05) is 0 Å². The molecule has 0 saturated carbocycles. The molecule has 1 aromatic heterocycles. The molecule has 4 rings (SSSR count). The Kier molecular flexibility index (Phi) is 3.98. The van der Waals surface area contributed by atoms with Crippen LogP contribution in [-0.4, -0.2) is 13.1 Å². The molecule has 0 N–H and O–H groups in total. The second kappa shape index (κ2) is 6.22. The van der Waals surface area contributed by atoms with Crippen LogP contribution in [0.15, 0.2) is 51.7 Å². The normalized spacial score (nSPS) is 14.0. The highest BCUT2D eigenvalue weighted by Gasteiger charge is 2.31. The summed E-state index contributed by atoms with van der Waals surface area (Å²) in [6.07, 6.45) is -4.73. The molecule has 5 nitrogen and oxygen atoms in total. The van der Waals surface area contributed by atoms with E-state index in [1.54, 1.807) is 0 Å². The Bertz CT molecular complexity index is 1060. The molecule has 140 valence electrons. The van der Waals surface area contributed by atoms with Crippen LogP contribution in [0.5, 0.6) is 11.5 Å². The third-order valence-corrected chi connectivity index (χ3v) is 4.34. The van der Waals surface area contributed by atoms with Crippen molar-refractivity contribution >= 4 is 16.7 Å². The molecule has 0 fully saturated rings. The smallest absolute Gasteiger partial charge is 0.473 e. The maximum absolute atomic E-state index is 12.3. The molecule has 0 spiro atoms. The Labute approximate surface area is 151 Å². The van der Waals surface area contributed by atoms with Crippen molar-refractivity contribution in [2.24, 2.45) is 0 Å². The van der Waals surface area contributed by atoms with E-state index in [0.29, 0.717) is 23.6 Å². The van der Waals surface area contributed by atoms with E-state index in [2.05, 4.69) is 4.74 Å². The molecule has 0 unspecified atom stereocenters. The summed E-state index contributed by atoms with van der Waals surface area (Å²) in [4.78, 5) is 13.6. The van der Waals surface area contributed by atoms with E-state index in [4.69, 9.17) is 9.15 Å². The molecule has 2 aromatic carbocycles. The number of benzene rings is 2. The van der Waals surface area contributed by atoms with Gasteiger partial charge in [0.05, 0.1) is 12.1 Å². The number of nitrogens with zero attached hydrogens (tertiary/aromatic N) is 1. The maximum atomic E-state index is 12.3. The fourth-order valence-corrected chi connectivity index (χ4v) is 3.11. The standard InChI is InChI=1S/C19H14F3NO4/c1-11-8-17(24)26-18-14(11)6-7-16-15(18)9-23(10-25-16)12-2-4-13(5-3-12)27-19(20,21)22/h2-8H,9-10H2,1H3. The van der Waals surface area contributed by atoms with Gasteiger partial charge < -0.3 is 18.8 Å². The molecule has 1 aliphatic rings. The number of hydrogen-bond acceptors (Lipinski definition) is 5. The van der Waals surface area contributed by atoms with Crippen LogP contribution in [0.3, 0.4) is 0 Å². The molecule has 0 saturated heterocycles. The van der Waals surface area contributed by atoms with Crippen molar-refractivity contribution in [1.29, 1.82) is 0 Å². The zero-order valence-corrected chi connectivity index (χ0v) is 14.2. The summed E-state index contributed by atoms with van der Waals surface area (Å²) < 4.78 is 51.9. The summed E-state index contributed by atoms with van der Waals surface area (Å²) in [5.74, 6) is 0.321. The van der Waals surface area contributed by atoms with Crippen molar-refractivity contribution in [1.82, 2.24) is 0 Å². The highest BCUT2D eigenvalue weighted by molar-refractivity contribution is 5.85. The lowest BCUT2D eigenvalue weighted by molar-refractivity contribution is -0.274. The number of halogens is 3. The molecule has 0 atom stereocenters. The first-order chi connectivity index (χ1) is 12.8. The Morgan fingerprint density at radius 3 is 2.56 bits per heavy atom. The number of ether oxygens (including phenoxy) is 2. The van der Waals surface area contributed by atoms with Crippen LogP contribution in [-0.2, 0) is 6.54 Å². The van der Waals surface area contributed by atoms with Gasteiger partial charge in [-0.2, -0.15) is 0 Å². The van der Waals surface area contributed by atoms with Crippen molar-refractivity contribution in [2.75, 3.05) is 11.6 Å². The first-order valence-electron chi connectivity index (χ1n) is 8.10. The van der Waals surface area contributed by atoms with E-state index in [-0.39, 0.29) is 12.5 Å². The fourth-order valence-electron chi connectivity index (χ4n) is 3.11. The highest BCUT2D eigenvalue weighted by Crippen LogP contribution is 2.35. The minimum Gasteiger partial charge on any atom is -0.473 e. The maximum Gasteiger partial charge on any atom is 0.573 e. The van der Waals surface area contributed by atoms with E-state index < -0.39 is 12.0 Å². The molecule has 3 aromatic rings. The molecule has 0 bridgehead atoms. The van der Waals surface area contributed by atoms with Crippen LogP contribution < -0.4 is 20.0 Å². The summed E-state index contributed by atoms with van der Waals surface area (Å²) in [6.45, 7) is 2.43. The fraction of sp³-hybridized carbons (Fsp3) is 0.211. The van der Waals surface area contributed by atoms with Crippen LogP contribution in [0, 0.1) is 6.92 Å². The summed E-state index contributed by atoms with van der Waals surface area (Å²) in [5, 5.41) is 0.813. The average Bonchev–Trinajstić information content (AvgIpc) is 2.60. The lowest BCUT2D eigenvalue weighted by Gasteiger charge is -2.31. The van der Waals surface area contributed by atoms with Crippen LogP contribution >= 0.6 is 0 Å². The Hall–Kier alpha value is -3.16. The quantitative estimate of drug-likeness (QED) is 0.622. The van der Waals surface area contributed by atoms with E-state index in [1.807, 2.05) is 24.0 Å². The molecule has 0 amide bonds. The van der Waals surface area contributed by atoms with Crippen molar-refractivity contribution in [3.8, 4) is 11.5 Å². The lowest BCUT2D eigenvalue weighted by atomic mass is 10.0. The number of fused-ring (bicyclic) bond motifs is 3. The number of aryl methyl sites for hydroxylation is 1. The van der Waals surface area contributed by atoms with Crippen LogP contribution in [0.4, 0.5) is 18.9 Å². The summed E-state index contributed by atoms with van der Waals surface area (Å²) in [7, 11) is 0. The molecule has 0 aliphatic carbocycles. The van der Waals surface area contributed by atoms with Crippen molar-refractivity contribution < 1.29 is 27.1 Å². The van der Waals surface area contributed by atoms with Crippen molar-refractivity contribution in [2.45, 2.75) is 19.8 Å². The Morgan fingerprint density at radius 1 is 1.11 bits per heavy atom. The highest BCUT2D eigenvalue weighted by atomic mass is 19.4. The van der Waals surface area contributed by atoms with Gasteiger partial charge in [-0.25, -0.2) is 4.79 Å². The predicted octanol–water partition coefficient (Wildman–Crippen LogP) is 4.36. The lowest BCUT2D eigenvalue weighted by Crippen LogP contribution is -2.32. The van der Waals surface area contributed by atoms with Crippen molar-refractivity contribution in [3.63, 3.8) is 0 Å². The third-order valence-electron chi connectivity index (χ3n) is 4.34. The van der Waals surface area contributed by atoms with Crippen LogP contribution in [0.1, 0.15) is 11.1 Å². The largest absolute Gasteiger partial charge is 0.573 e.